The molecule has 4 aromatic rings. The minimum Gasteiger partial charge on any atom is -0.348 e. The van der Waals surface area contributed by atoms with Crippen LogP contribution in [0.15, 0.2) is 88.1 Å². The second-order valence-electron chi connectivity index (χ2n) is 6.81. The number of aryl methyl sites for hydroxylation is 1. The Kier molecular flexibility index (Phi) is 5.63. The minimum atomic E-state index is -4.42. The van der Waals surface area contributed by atoms with E-state index in [2.05, 4.69) is 34.3 Å². The zero-order valence-corrected chi connectivity index (χ0v) is 16.9. The zero-order chi connectivity index (χ0) is 21.1. The second-order valence-corrected chi connectivity index (χ2v) is 7.80. The third-order valence-electron chi connectivity index (χ3n) is 4.72. The van der Waals surface area contributed by atoms with Crippen LogP contribution in [0.25, 0.3) is 10.9 Å². The van der Waals surface area contributed by atoms with Crippen LogP contribution in [0, 0.1) is 6.92 Å². The molecule has 1 N–H and O–H groups in total. The number of nitrogens with zero attached hydrogens (tertiary/aromatic N) is 2. The molecule has 0 aliphatic rings. The molecule has 3 nitrogen and oxygen atoms in total. The van der Waals surface area contributed by atoms with Crippen molar-refractivity contribution >= 4 is 34.0 Å². The molecule has 0 bridgehead atoms. The van der Waals surface area contributed by atoms with Crippen LogP contribution in [0.4, 0.5) is 24.5 Å². The van der Waals surface area contributed by atoms with Gasteiger partial charge in [-0.2, -0.15) is 18.3 Å². The number of benzene rings is 3. The molecule has 7 heteroatoms. The molecule has 0 spiro atoms. The topological polar surface area (TPSA) is 40.5 Å². The Morgan fingerprint density at radius 3 is 2.47 bits per heavy atom. The van der Waals surface area contributed by atoms with E-state index in [9.17, 15) is 13.2 Å². The third kappa shape index (κ3) is 4.41. The number of aromatic nitrogens is 1. The number of thioether (sulfide) groups is 1. The molecule has 1 heterocycles. The summed E-state index contributed by atoms with van der Waals surface area (Å²) in [5.41, 5.74) is 3.36. The van der Waals surface area contributed by atoms with Gasteiger partial charge in [-0.1, -0.05) is 48.5 Å². The summed E-state index contributed by atoms with van der Waals surface area (Å²) in [6, 6.07) is 20.7. The molecule has 0 saturated heterocycles. The summed E-state index contributed by atoms with van der Waals surface area (Å²) in [5.74, 6) is 0.742. The molecule has 0 amide bonds. The summed E-state index contributed by atoms with van der Waals surface area (Å²) in [6.07, 6.45) is -4.42. The van der Waals surface area contributed by atoms with Crippen LogP contribution in [-0.4, -0.2) is 4.98 Å². The molecule has 4 rings (SSSR count). The molecule has 0 aliphatic heterocycles. The third-order valence-corrected chi connectivity index (χ3v) is 5.76. The van der Waals surface area contributed by atoms with Crippen LogP contribution in [0.5, 0.6) is 0 Å². The van der Waals surface area contributed by atoms with Crippen molar-refractivity contribution in [1.82, 2.24) is 4.98 Å². The number of rotatable bonds is 5. The molecule has 0 unspecified atom stereocenters. The largest absolute Gasteiger partial charge is 0.416 e. The quantitative estimate of drug-likeness (QED) is 0.254. The van der Waals surface area contributed by atoms with Crippen molar-refractivity contribution < 1.29 is 13.2 Å². The maximum absolute atomic E-state index is 13.0. The Bertz CT molecular complexity index is 1210. The van der Waals surface area contributed by atoms with Gasteiger partial charge in [0.05, 0.1) is 11.3 Å². The van der Waals surface area contributed by atoms with Gasteiger partial charge in [0, 0.05) is 16.7 Å². The lowest BCUT2D eigenvalue weighted by Crippen LogP contribution is -2.03. The van der Waals surface area contributed by atoms with Gasteiger partial charge in [0.15, 0.2) is 0 Å². The van der Waals surface area contributed by atoms with Gasteiger partial charge in [-0.15, -0.1) is 16.9 Å². The first kappa shape index (κ1) is 20.2. The van der Waals surface area contributed by atoms with Crippen LogP contribution in [0.2, 0.25) is 0 Å². The molecule has 152 valence electrons. The molecule has 1 aromatic heterocycles. The molecule has 0 saturated carbocycles. The minimum absolute atomic E-state index is 0.157. The number of aromatic amines is 1. The van der Waals surface area contributed by atoms with Crippen molar-refractivity contribution in [3.63, 3.8) is 0 Å². The van der Waals surface area contributed by atoms with Gasteiger partial charge in [-0.25, -0.2) is 0 Å². The molecule has 0 atom stereocenters. The Balaban J connectivity index is 1.67. The van der Waals surface area contributed by atoms with Crippen LogP contribution in [0.3, 0.4) is 0 Å². The Labute approximate surface area is 176 Å². The molecule has 0 fully saturated rings. The molecular formula is C23H18F3N3S. The van der Waals surface area contributed by atoms with Gasteiger partial charge in [0.1, 0.15) is 10.7 Å². The van der Waals surface area contributed by atoms with Gasteiger partial charge < -0.3 is 4.98 Å². The maximum atomic E-state index is 13.0. The lowest BCUT2D eigenvalue weighted by atomic mass is 10.1. The maximum Gasteiger partial charge on any atom is 0.416 e. The summed E-state index contributed by atoms with van der Waals surface area (Å²) in [7, 11) is 0. The van der Waals surface area contributed by atoms with Crippen LogP contribution >= 0.6 is 11.8 Å². The Morgan fingerprint density at radius 2 is 1.67 bits per heavy atom. The first-order valence-electron chi connectivity index (χ1n) is 9.29. The zero-order valence-electron chi connectivity index (χ0n) is 16.1. The summed E-state index contributed by atoms with van der Waals surface area (Å²) >= 11 is 1.59. The van der Waals surface area contributed by atoms with Crippen molar-refractivity contribution in [3.05, 3.63) is 89.5 Å². The lowest BCUT2D eigenvalue weighted by Gasteiger charge is -2.06. The fourth-order valence-corrected chi connectivity index (χ4v) is 4.17. The first-order chi connectivity index (χ1) is 14.4. The molecule has 0 radical (unpaired) electrons. The fourth-order valence-electron chi connectivity index (χ4n) is 3.08. The van der Waals surface area contributed by atoms with Crippen molar-refractivity contribution in [2.24, 2.45) is 10.2 Å². The highest BCUT2D eigenvalue weighted by molar-refractivity contribution is 7.98. The second kappa shape index (κ2) is 8.36. The van der Waals surface area contributed by atoms with Gasteiger partial charge >= 0.3 is 6.18 Å². The summed E-state index contributed by atoms with van der Waals surface area (Å²) in [6.45, 7) is 2.06. The van der Waals surface area contributed by atoms with Gasteiger partial charge in [0.2, 0.25) is 0 Å². The van der Waals surface area contributed by atoms with E-state index in [1.165, 1.54) is 23.3 Å². The number of halogens is 3. The number of azo groups is 1. The smallest absolute Gasteiger partial charge is 0.348 e. The Hall–Kier alpha value is -3.06. The van der Waals surface area contributed by atoms with Crippen molar-refractivity contribution in [2.45, 2.75) is 23.9 Å². The van der Waals surface area contributed by atoms with E-state index < -0.39 is 11.7 Å². The summed E-state index contributed by atoms with van der Waals surface area (Å²) in [5, 5.41) is 10.1. The average Bonchev–Trinajstić information content (AvgIpc) is 3.09. The van der Waals surface area contributed by atoms with E-state index in [0.29, 0.717) is 5.69 Å². The van der Waals surface area contributed by atoms with Crippen LogP contribution in [-0.2, 0) is 11.9 Å². The van der Waals surface area contributed by atoms with Crippen molar-refractivity contribution in [1.29, 1.82) is 0 Å². The van der Waals surface area contributed by atoms with Crippen LogP contribution < -0.4 is 0 Å². The van der Waals surface area contributed by atoms with Crippen LogP contribution in [0.1, 0.15) is 16.7 Å². The number of H-pyrrole nitrogens is 1. The normalized spacial score (nSPS) is 12.1. The fraction of sp³-hybridized carbons (Fsp3) is 0.130. The highest BCUT2D eigenvalue weighted by atomic mass is 32.2. The van der Waals surface area contributed by atoms with E-state index in [1.54, 1.807) is 11.8 Å². The van der Waals surface area contributed by atoms with Crippen molar-refractivity contribution in [2.75, 3.05) is 0 Å². The predicted molar refractivity (Wildman–Crippen MR) is 115 cm³/mol. The lowest BCUT2D eigenvalue weighted by molar-refractivity contribution is -0.137. The van der Waals surface area contributed by atoms with E-state index >= 15 is 0 Å². The SMILES string of the molecule is Cc1ccccc1CSc1[nH]c2ccccc2c1N=Nc1cccc(C(F)(F)F)c1. The van der Waals surface area contributed by atoms with E-state index in [1.807, 2.05) is 36.4 Å². The Morgan fingerprint density at radius 1 is 0.900 bits per heavy atom. The summed E-state index contributed by atoms with van der Waals surface area (Å²) in [4.78, 5) is 3.36. The van der Waals surface area contributed by atoms with E-state index in [4.69, 9.17) is 0 Å². The van der Waals surface area contributed by atoms with Gasteiger partial charge in [-0.3, -0.25) is 0 Å². The van der Waals surface area contributed by atoms with E-state index in [-0.39, 0.29) is 5.69 Å². The number of alkyl halides is 3. The number of hydrogen-bond acceptors (Lipinski definition) is 3. The monoisotopic (exact) mass is 425 g/mol. The molecule has 0 aliphatic carbocycles. The highest BCUT2D eigenvalue weighted by Crippen LogP contribution is 2.39. The summed E-state index contributed by atoms with van der Waals surface area (Å²) < 4.78 is 38.9. The number of para-hydroxylation sites is 1. The standard InChI is InChI=1S/C23H18F3N3S/c1-15-7-2-3-8-16(15)14-30-22-21(19-11-4-5-12-20(19)27-22)29-28-18-10-6-9-17(13-18)23(24,25)26/h2-13,27H,14H2,1H3. The number of nitrogens with one attached hydrogen (secondary N) is 1. The first-order valence-corrected chi connectivity index (χ1v) is 10.3. The number of fused-ring (bicyclic) bond motifs is 1. The molecule has 3 aromatic carbocycles. The number of hydrogen-bond donors (Lipinski definition) is 1. The molecular weight excluding hydrogens is 407 g/mol. The highest BCUT2D eigenvalue weighted by Gasteiger charge is 2.30. The van der Waals surface area contributed by atoms with Gasteiger partial charge in [0.25, 0.3) is 0 Å². The molecule has 30 heavy (non-hydrogen) atoms. The van der Waals surface area contributed by atoms with Crippen molar-refractivity contribution in [3.8, 4) is 0 Å². The predicted octanol–water partition coefficient (Wildman–Crippen LogP) is 8.20. The average molecular weight is 425 g/mol. The van der Waals surface area contributed by atoms with E-state index in [0.717, 1.165) is 33.8 Å². The van der Waals surface area contributed by atoms with Gasteiger partial charge in [-0.05, 0) is 42.3 Å².